The number of rotatable bonds is 3. The summed E-state index contributed by atoms with van der Waals surface area (Å²) in [6.07, 6.45) is 4.17. The molecule has 0 aromatic heterocycles. The van der Waals surface area contributed by atoms with Gasteiger partial charge in [-0.3, -0.25) is 0 Å². The van der Waals surface area contributed by atoms with Crippen LogP contribution in [-0.4, -0.2) is 19.0 Å². The second-order valence-electron chi connectivity index (χ2n) is 3.48. The molecule has 0 bridgehead atoms. The Morgan fingerprint density at radius 3 is 2.23 bits per heavy atom. The van der Waals surface area contributed by atoms with E-state index in [1.165, 1.54) is 11.1 Å². The highest BCUT2D eigenvalue weighted by Gasteiger charge is 1.93. The Balaban J connectivity index is 2.69. The molecule has 0 aliphatic carbocycles. The van der Waals surface area contributed by atoms with Crippen LogP contribution >= 0.6 is 0 Å². The Hall–Kier alpha value is -1.08. The van der Waals surface area contributed by atoms with E-state index in [4.69, 9.17) is 0 Å². The number of hydrogen-bond acceptors (Lipinski definition) is 1. The molecule has 1 aromatic rings. The fourth-order valence-electron chi connectivity index (χ4n) is 1.29. The summed E-state index contributed by atoms with van der Waals surface area (Å²) in [7, 11) is 4.17. The molecule has 1 rings (SSSR count). The van der Waals surface area contributed by atoms with Crippen LogP contribution < -0.4 is 0 Å². The Morgan fingerprint density at radius 1 is 1.15 bits per heavy atom. The zero-order valence-electron chi connectivity index (χ0n) is 8.62. The van der Waals surface area contributed by atoms with E-state index in [1.54, 1.807) is 0 Å². The van der Waals surface area contributed by atoms with Gasteiger partial charge in [0.05, 0.1) is 0 Å². The molecule has 1 aromatic carbocycles. The number of hydrogen-bond donors (Lipinski definition) is 0. The van der Waals surface area contributed by atoms with Crippen molar-refractivity contribution in [3.8, 4) is 0 Å². The van der Waals surface area contributed by atoms with Gasteiger partial charge in [-0.2, -0.15) is 0 Å². The molecule has 0 radical (unpaired) electrons. The highest BCUT2D eigenvalue weighted by atomic mass is 15.0. The van der Waals surface area contributed by atoms with Gasteiger partial charge >= 0.3 is 0 Å². The van der Waals surface area contributed by atoms with Crippen molar-refractivity contribution in [2.24, 2.45) is 0 Å². The molecule has 0 saturated heterocycles. The van der Waals surface area contributed by atoms with E-state index in [9.17, 15) is 0 Å². The van der Waals surface area contributed by atoms with Gasteiger partial charge in [0, 0.05) is 6.54 Å². The summed E-state index contributed by atoms with van der Waals surface area (Å²) in [6, 6.07) is 8.66. The molecule has 0 aliphatic heterocycles. The summed E-state index contributed by atoms with van der Waals surface area (Å²) < 4.78 is 0. The molecule has 0 unspecified atom stereocenters. The smallest absolute Gasteiger partial charge is 0.0227 e. The summed E-state index contributed by atoms with van der Waals surface area (Å²) in [4.78, 5) is 2.17. The molecule has 1 nitrogen and oxygen atoms in total. The number of allylic oxidation sites excluding steroid dienone is 1. The van der Waals surface area contributed by atoms with Gasteiger partial charge in [0.15, 0.2) is 0 Å². The normalized spacial score (nSPS) is 11.4. The van der Waals surface area contributed by atoms with Gasteiger partial charge in [-0.1, -0.05) is 36.4 Å². The lowest BCUT2D eigenvalue weighted by Crippen LogP contribution is -2.10. The van der Waals surface area contributed by atoms with Gasteiger partial charge in [0.2, 0.25) is 0 Å². The maximum atomic E-state index is 2.18. The third kappa shape index (κ3) is 3.43. The van der Waals surface area contributed by atoms with Crippen LogP contribution in [-0.2, 0) is 6.54 Å². The average molecular weight is 175 g/mol. The first kappa shape index (κ1) is 10.0. The lowest BCUT2D eigenvalue weighted by Gasteiger charge is -2.09. The van der Waals surface area contributed by atoms with E-state index in [1.807, 2.05) is 6.92 Å². The van der Waals surface area contributed by atoms with Crippen LogP contribution in [0, 0.1) is 0 Å². The van der Waals surface area contributed by atoms with Gasteiger partial charge in [0.1, 0.15) is 0 Å². The first-order chi connectivity index (χ1) is 6.22. The Bertz CT molecular complexity index is 270. The third-order valence-electron chi connectivity index (χ3n) is 1.84. The van der Waals surface area contributed by atoms with E-state index in [-0.39, 0.29) is 0 Å². The molecule has 0 heterocycles. The van der Waals surface area contributed by atoms with E-state index < -0.39 is 0 Å². The van der Waals surface area contributed by atoms with Crippen molar-refractivity contribution in [3.63, 3.8) is 0 Å². The first-order valence-electron chi connectivity index (χ1n) is 4.58. The molecule has 0 spiro atoms. The van der Waals surface area contributed by atoms with Gasteiger partial charge in [-0.05, 0) is 32.1 Å². The molecule has 0 fully saturated rings. The Kier molecular flexibility index (Phi) is 3.71. The van der Waals surface area contributed by atoms with E-state index in [0.29, 0.717) is 0 Å². The first-order valence-corrected chi connectivity index (χ1v) is 4.58. The monoisotopic (exact) mass is 175 g/mol. The van der Waals surface area contributed by atoms with Crippen molar-refractivity contribution in [3.05, 3.63) is 41.5 Å². The zero-order chi connectivity index (χ0) is 9.68. The highest BCUT2D eigenvalue weighted by Crippen LogP contribution is 2.07. The van der Waals surface area contributed by atoms with Crippen molar-refractivity contribution in [1.29, 1.82) is 0 Å². The zero-order valence-corrected chi connectivity index (χ0v) is 8.62. The highest BCUT2D eigenvalue weighted by molar-refractivity contribution is 5.49. The minimum Gasteiger partial charge on any atom is -0.305 e. The Labute approximate surface area is 80.7 Å². The van der Waals surface area contributed by atoms with E-state index in [0.717, 1.165) is 6.54 Å². The maximum Gasteiger partial charge on any atom is 0.0227 e. The van der Waals surface area contributed by atoms with Crippen LogP contribution in [0.25, 0.3) is 6.08 Å². The summed E-state index contributed by atoms with van der Waals surface area (Å²) in [6.45, 7) is 3.05. The lowest BCUT2D eigenvalue weighted by atomic mass is 10.1. The van der Waals surface area contributed by atoms with Crippen molar-refractivity contribution >= 4 is 6.08 Å². The van der Waals surface area contributed by atoms with Crippen molar-refractivity contribution < 1.29 is 0 Å². The predicted molar refractivity (Wildman–Crippen MR) is 58.5 cm³/mol. The minimum atomic E-state index is 1.01. The fraction of sp³-hybridized carbons (Fsp3) is 0.333. The molecule has 0 aliphatic rings. The van der Waals surface area contributed by atoms with Crippen LogP contribution in [0.5, 0.6) is 0 Å². The predicted octanol–water partition coefficient (Wildman–Crippen LogP) is 2.78. The quantitative estimate of drug-likeness (QED) is 0.682. The van der Waals surface area contributed by atoms with Gasteiger partial charge in [0.25, 0.3) is 0 Å². The second kappa shape index (κ2) is 4.83. The van der Waals surface area contributed by atoms with Crippen LogP contribution in [0.3, 0.4) is 0 Å². The van der Waals surface area contributed by atoms with Crippen LogP contribution in [0.15, 0.2) is 30.3 Å². The summed E-state index contributed by atoms with van der Waals surface area (Å²) in [5.74, 6) is 0. The molecule has 13 heavy (non-hydrogen) atoms. The molecule has 70 valence electrons. The minimum absolute atomic E-state index is 1.01. The summed E-state index contributed by atoms with van der Waals surface area (Å²) >= 11 is 0. The second-order valence-corrected chi connectivity index (χ2v) is 3.48. The molecular formula is C12H17N. The van der Waals surface area contributed by atoms with Crippen molar-refractivity contribution in [2.45, 2.75) is 13.5 Å². The van der Waals surface area contributed by atoms with Crippen molar-refractivity contribution in [1.82, 2.24) is 4.90 Å². The lowest BCUT2D eigenvalue weighted by molar-refractivity contribution is 0.402. The average Bonchev–Trinajstić information content (AvgIpc) is 2.08. The molecule has 0 atom stereocenters. The van der Waals surface area contributed by atoms with Crippen LogP contribution in [0.4, 0.5) is 0 Å². The fourth-order valence-corrected chi connectivity index (χ4v) is 1.29. The van der Waals surface area contributed by atoms with Crippen molar-refractivity contribution in [2.75, 3.05) is 14.1 Å². The molecule has 0 amide bonds. The summed E-state index contributed by atoms with van der Waals surface area (Å²) in [5, 5.41) is 0. The Morgan fingerprint density at radius 2 is 1.77 bits per heavy atom. The van der Waals surface area contributed by atoms with Crippen LogP contribution in [0.1, 0.15) is 18.1 Å². The third-order valence-corrected chi connectivity index (χ3v) is 1.84. The largest absolute Gasteiger partial charge is 0.305 e. The molecule has 0 saturated carbocycles. The van der Waals surface area contributed by atoms with E-state index in [2.05, 4.69) is 55.4 Å². The van der Waals surface area contributed by atoms with Crippen LogP contribution in [0.2, 0.25) is 0 Å². The topological polar surface area (TPSA) is 3.24 Å². The molecule has 0 N–H and O–H groups in total. The molecular weight excluding hydrogens is 158 g/mol. The standard InChI is InChI=1S/C12H17N/c1-4-5-11-6-8-12(9-7-11)10-13(2)3/h4-9H,10H2,1-3H3/b5-4+. The summed E-state index contributed by atoms with van der Waals surface area (Å²) in [5.41, 5.74) is 2.63. The molecule has 1 heteroatoms. The SMILES string of the molecule is C/C=C/c1ccc(CN(C)C)cc1. The van der Waals surface area contributed by atoms with Gasteiger partial charge in [-0.15, -0.1) is 0 Å². The number of benzene rings is 1. The van der Waals surface area contributed by atoms with Gasteiger partial charge in [-0.25, -0.2) is 0 Å². The van der Waals surface area contributed by atoms with E-state index >= 15 is 0 Å². The van der Waals surface area contributed by atoms with Gasteiger partial charge < -0.3 is 4.90 Å². The maximum absolute atomic E-state index is 2.18. The number of nitrogens with zero attached hydrogens (tertiary/aromatic N) is 1.